The standard InChI is InChI=1S/C40H40O10/c1-20(2)4-9-26-32(44)14-12-28(38(26)48)40(50)36-29(25-10-8-24(42)19-35(25)47)16-21(3)17-30(36)37-33(45)15-11-27(39(37)49)31(43)13-6-22-5-7-23(41)18-34(22)46/h4-5,7-12,14-15,17-20,29-30,36,41-42,44-49H,6,13,16H2,1-3H3/b9-4+. The van der Waals surface area contributed by atoms with E-state index in [4.69, 9.17) is 0 Å². The third-order valence-corrected chi connectivity index (χ3v) is 9.17. The van der Waals surface area contributed by atoms with E-state index in [1.54, 1.807) is 19.1 Å². The molecule has 50 heavy (non-hydrogen) atoms. The van der Waals surface area contributed by atoms with Crippen molar-refractivity contribution in [3.05, 3.63) is 112 Å². The van der Waals surface area contributed by atoms with Crippen molar-refractivity contribution in [1.82, 2.24) is 0 Å². The lowest BCUT2D eigenvalue weighted by molar-refractivity contribution is 0.0876. The average Bonchev–Trinajstić information content (AvgIpc) is 3.03. The number of phenols is 8. The van der Waals surface area contributed by atoms with Crippen LogP contribution >= 0.6 is 0 Å². The molecule has 0 heterocycles. The average molecular weight is 681 g/mol. The molecule has 0 aromatic heterocycles. The van der Waals surface area contributed by atoms with Gasteiger partial charge in [-0.2, -0.15) is 0 Å². The molecule has 0 spiro atoms. The number of carbonyl (C=O) groups is 2. The van der Waals surface area contributed by atoms with Crippen molar-refractivity contribution in [3.63, 3.8) is 0 Å². The Morgan fingerprint density at radius 2 is 1.40 bits per heavy atom. The molecule has 3 atom stereocenters. The molecule has 1 aliphatic rings. The molecule has 0 radical (unpaired) electrons. The summed E-state index contributed by atoms with van der Waals surface area (Å²) in [4.78, 5) is 28.2. The van der Waals surface area contributed by atoms with Crippen molar-refractivity contribution in [2.45, 2.75) is 51.9 Å². The second-order valence-corrected chi connectivity index (χ2v) is 13.1. The van der Waals surface area contributed by atoms with Crippen LogP contribution in [-0.4, -0.2) is 52.4 Å². The summed E-state index contributed by atoms with van der Waals surface area (Å²) in [5, 5.41) is 85.6. The maximum atomic E-state index is 14.7. The van der Waals surface area contributed by atoms with Gasteiger partial charge in [-0.15, -0.1) is 0 Å². The van der Waals surface area contributed by atoms with Crippen molar-refractivity contribution in [2.24, 2.45) is 11.8 Å². The van der Waals surface area contributed by atoms with Gasteiger partial charge in [-0.05, 0) is 73.2 Å². The Kier molecular flexibility index (Phi) is 10.1. The van der Waals surface area contributed by atoms with Crippen LogP contribution in [0.15, 0.2) is 78.4 Å². The summed E-state index contributed by atoms with van der Waals surface area (Å²) < 4.78 is 0. The van der Waals surface area contributed by atoms with Crippen molar-refractivity contribution < 1.29 is 50.4 Å². The number of carbonyl (C=O) groups excluding carboxylic acids is 2. The number of rotatable bonds is 10. The summed E-state index contributed by atoms with van der Waals surface area (Å²) in [6.45, 7) is 5.60. The van der Waals surface area contributed by atoms with E-state index in [-0.39, 0.29) is 76.2 Å². The Balaban J connectivity index is 1.64. The first-order valence-corrected chi connectivity index (χ1v) is 16.2. The lowest BCUT2D eigenvalue weighted by Gasteiger charge is -2.37. The van der Waals surface area contributed by atoms with E-state index < -0.39 is 46.6 Å². The Labute approximate surface area is 289 Å². The molecule has 260 valence electrons. The van der Waals surface area contributed by atoms with Crippen LogP contribution in [0.3, 0.4) is 0 Å². The monoisotopic (exact) mass is 680 g/mol. The lowest BCUT2D eigenvalue weighted by Crippen LogP contribution is -2.32. The number of benzene rings is 4. The van der Waals surface area contributed by atoms with Crippen LogP contribution in [0.5, 0.6) is 46.0 Å². The molecule has 0 saturated heterocycles. The Hall–Kier alpha value is -5.90. The van der Waals surface area contributed by atoms with Crippen LogP contribution in [0.25, 0.3) is 6.08 Å². The first kappa shape index (κ1) is 35.4. The van der Waals surface area contributed by atoms with Crippen LogP contribution in [0.1, 0.15) is 88.4 Å². The SMILES string of the molecule is CC1=CC(c2c(O)ccc(C(=O)CCc3ccc(O)cc3O)c2O)C(C(=O)c2ccc(O)c(/C=C/C(C)C)c2O)C(c2ccc(O)cc2O)C1. The molecule has 4 aromatic rings. The summed E-state index contributed by atoms with van der Waals surface area (Å²) in [5.74, 6) is -6.60. The van der Waals surface area contributed by atoms with Gasteiger partial charge in [0.1, 0.15) is 46.0 Å². The summed E-state index contributed by atoms with van der Waals surface area (Å²) >= 11 is 0. The number of phenolic OH excluding ortho intramolecular Hbond substituents is 8. The van der Waals surface area contributed by atoms with Gasteiger partial charge in [0.05, 0.1) is 16.7 Å². The molecule has 10 nitrogen and oxygen atoms in total. The minimum Gasteiger partial charge on any atom is -0.508 e. The predicted octanol–water partition coefficient (Wildman–Crippen LogP) is 7.53. The Morgan fingerprint density at radius 3 is 2.06 bits per heavy atom. The van der Waals surface area contributed by atoms with E-state index in [2.05, 4.69) is 0 Å². The Morgan fingerprint density at radius 1 is 0.760 bits per heavy atom. The van der Waals surface area contributed by atoms with Crippen molar-refractivity contribution >= 4 is 17.6 Å². The van der Waals surface area contributed by atoms with E-state index in [0.29, 0.717) is 11.1 Å². The van der Waals surface area contributed by atoms with E-state index in [0.717, 1.165) is 17.7 Å². The summed E-state index contributed by atoms with van der Waals surface area (Å²) in [5.41, 5.74) is 1.10. The highest BCUT2D eigenvalue weighted by atomic mass is 16.3. The van der Waals surface area contributed by atoms with Crippen molar-refractivity contribution in [1.29, 1.82) is 0 Å². The van der Waals surface area contributed by atoms with E-state index >= 15 is 0 Å². The van der Waals surface area contributed by atoms with E-state index in [9.17, 15) is 50.4 Å². The van der Waals surface area contributed by atoms with Crippen LogP contribution < -0.4 is 0 Å². The predicted molar refractivity (Wildman–Crippen MR) is 187 cm³/mol. The molecule has 0 aliphatic heterocycles. The summed E-state index contributed by atoms with van der Waals surface area (Å²) in [7, 11) is 0. The molecule has 5 rings (SSSR count). The number of aryl methyl sites for hydroxylation is 1. The highest BCUT2D eigenvalue weighted by molar-refractivity contribution is 6.04. The molecule has 0 amide bonds. The fraction of sp³-hybridized carbons (Fsp3) is 0.250. The van der Waals surface area contributed by atoms with Crippen LogP contribution in [0, 0.1) is 11.8 Å². The molecule has 0 fully saturated rings. The van der Waals surface area contributed by atoms with E-state index in [1.807, 2.05) is 13.8 Å². The highest BCUT2D eigenvalue weighted by Gasteiger charge is 2.43. The maximum absolute atomic E-state index is 14.7. The molecule has 4 aromatic carbocycles. The normalized spacial score (nSPS) is 17.6. The third kappa shape index (κ3) is 7.10. The van der Waals surface area contributed by atoms with Gasteiger partial charge < -0.3 is 40.9 Å². The van der Waals surface area contributed by atoms with Gasteiger partial charge in [0.2, 0.25) is 0 Å². The number of hydrogen-bond acceptors (Lipinski definition) is 10. The number of hydrogen-bond donors (Lipinski definition) is 8. The molecular weight excluding hydrogens is 640 g/mol. The molecule has 0 bridgehead atoms. The molecule has 8 N–H and O–H groups in total. The minimum absolute atomic E-state index is 0.0330. The zero-order valence-corrected chi connectivity index (χ0v) is 27.8. The largest absolute Gasteiger partial charge is 0.508 e. The summed E-state index contributed by atoms with van der Waals surface area (Å²) in [6.07, 6.45) is 5.15. The van der Waals surface area contributed by atoms with Gasteiger partial charge in [0.25, 0.3) is 0 Å². The number of aromatic hydroxyl groups is 8. The molecule has 10 heteroatoms. The first-order valence-electron chi connectivity index (χ1n) is 16.2. The highest BCUT2D eigenvalue weighted by Crippen LogP contribution is 2.53. The zero-order valence-electron chi connectivity index (χ0n) is 27.8. The van der Waals surface area contributed by atoms with Gasteiger partial charge in [0, 0.05) is 41.9 Å². The lowest BCUT2D eigenvalue weighted by atomic mass is 9.65. The molecule has 0 saturated carbocycles. The summed E-state index contributed by atoms with van der Waals surface area (Å²) in [6, 6.07) is 13.1. The molecule has 3 unspecified atom stereocenters. The van der Waals surface area contributed by atoms with Gasteiger partial charge in [-0.25, -0.2) is 0 Å². The van der Waals surface area contributed by atoms with Crippen molar-refractivity contribution in [2.75, 3.05) is 0 Å². The Bertz CT molecular complexity index is 2020. The first-order chi connectivity index (χ1) is 23.7. The maximum Gasteiger partial charge on any atom is 0.171 e. The topological polar surface area (TPSA) is 196 Å². The fourth-order valence-electron chi connectivity index (χ4n) is 6.69. The van der Waals surface area contributed by atoms with Gasteiger partial charge in [-0.1, -0.05) is 49.8 Å². The fourth-order valence-corrected chi connectivity index (χ4v) is 6.69. The number of allylic oxidation sites excluding steroid dienone is 3. The van der Waals surface area contributed by atoms with E-state index in [1.165, 1.54) is 54.6 Å². The third-order valence-electron chi connectivity index (χ3n) is 9.17. The van der Waals surface area contributed by atoms with Crippen LogP contribution in [-0.2, 0) is 6.42 Å². The van der Waals surface area contributed by atoms with Gasteiger partial charge >= 0.3 is 0 Å². The second kappa shape index (κ2) is 14.3. The van der Waals surface area contributed by atoms with Gasteiger partial charge in [-0.3, -0.25) is 9.59 Å². The van der Waals surface area contributed by atoms with Crippen molar-refractivity contribution in [3.8, 4) is 46.0 Å². The smallest absolute Gasteiger partial charge is 0.171 e. The number of ketones is 2. The quantitative estimate of drug-likeness (QED) is 0.0612. The van der Waals surface area contributed by atoms with Crippen LogP contribution in [0.4, 0.5) is 0 Å². The molecular formula is C40H40O10. The van der Waals surface area contributed by atoms with Crippen LogP contribution in [0.2, 0.25) is 0 Å². The zero-order chi connectivity index (χ0) is 36.4. The number of Topliss-reactive ketones (excluding diaryl/α,β-unsaturated/α-hetero) is 2. The van der Waals surface area contributed by atoms with Gasteiger partial charge in [0.15, 0.2) is 11.6 Å². The minimum atomic E-state index is -1.18. The second-order valence-electron chi connectivity index (χ2n) is 13.1. The molecule has 1 aliphatic carbocycles.